The van der Waals surface area contributed by atoms with Crippen LogP contribution in [0.3, 0.4) is 0 Å². The molecule has 1 heteroatoms. The van der Waals surface area contributed by atoms with Gasteiger partial charge in [-0.1, -0.05) is 69.3 Å². The summed E-state index contributed by atoms with van der Waals surface area (Å²) in [6.45, 7) is 6.81. The fraction of sp³-hybridized carbons (Fsp3) is 0.368. The molecule has 2 atom stereocenters. The Hall–Kier alpha value is -1.60. The molecule has 0 aromatic heterocycles. The van der Waals surface area contributed by atoms with Crippen molar-refractivity contribution in [3.05, 3.63) is 70.8 Å². The van der Waals surface area contributed by atoms with Gasteiger partial charge in [0.15, 0.2) is 0 Å². The maximum absolute atomic E-state index is 11.6. The van der Waals surface area contributed by atoms with E-state index in [1.807, 2.05) is 12.1 Å². The maximum Gasteiger partial charge on any atom is 0.118 e. The van der Waals surface area contributed by atoms with Crippen molar-refractivity contribution in [2.24, 2.45) is 11.8 Å². The van der Waals surface area contributed by atoms with E-state index in [-0.39, 0.29) is 11.3 Å². The smallest absolute Gasteiger partial charge is 0.118 e. The number of rotatable bonds is 0. The summed E-state index contributed by atoms with van der Waals surface area (Å²) in [4.78, 5) is 0. The topological polar surface area (TPSA) is 20.2 Å². The van der Waals surface area contributed by atoms with Gasteiger partial charge in [-0.2, -0.15) is 0 Å². The highest BCUT2D eigenvalue weighted by Crippen LogP contribution is 2.62. The molecule has 0 spiro atoms. The quantitative estimate of drug-likeness (QED) is 0.766. The summed E-state index contributed by atoms with van der Waals surface area (Å²) >= 11 is 0. The first-order valence-corrected chi connectivity index (χ1v) is 7.44. The van der Waals surface area contributed by atoms with E-state index in [4.69, 9.17) is 0 Å². The molecule has 3 aliphatic carbocycles. The van der Waals surface area contributed by atoms with Gasteiger partial charge < -0.3 is 5.11 Å². The van der Waals surface area contributed by atoms with E-state index in [0.29, 0.717) is 5.92 Å². The second-order valence-electron chi connectivity index (χ2n) is 6.64. The van der Waals surface area contributed by atoms with Crippen molar-refractivity contribution in [3.63, 3.8) is 0 Å². The van der Waals surface area contributed by atoms with Gasteiger partial charge in [0.25, 0.3) is 0 Å². The van der Waals surface area contributed by atoms with Crippen molar-refractivity contribution in [1.29, 1.82) is 0 Å². The van der Waals surface area contributed by atoms with Crippen LogP contribution >= 0.6 is 0 Å². The van der Waals surface area contributed by atoms with Crippen LogP contribution in [0.25, 0.3) is 0 Å². The predicted molar refractivity (Wildman–Crippen MR) is 80.7 cm³/mol. The van der Waals surface area contributed by atoms with Gasteiger partial charge in [0.05, 0.1) is 0 Å². The van der Waals surface area contributed by atoms with Gasteiger partial charge in [0.1, 0.15) is 5.60 Å². The standard InChI is InChI=1S/C19H20O/c1-12-13(2)19(20)16-10-6-4-8-14(16)18(12,3)15-9-5-7-11-17(15)19/h4-13,20H,1-3H3. The van der Waals surface area contributed by atoms with Crippen LogP contribution in [-0.4, -0.2) is 5.11 Å². The Morgan fingerprint density at radius 3 is 1.60 bits per heavy atom. The minimum atomic E-state index is -0.843. The van der Waals surface area contributed by atoms with Gasteiger partial charge >= 0.3 is 0 Å². The molecule has 2 aromatic carbocycles. The van der Waals surface area contributed by atoms with Crippen LogP contribution < -0.4 is 0 Å². The number of fused-ring (bicyclic) bond motifs is 1. The van der Waals surface area contributed by atoms with Gasteiger partial charge in [-0.3, -0.25) is 0 Å². The van der Waals surface area contributed by atoms with Crippen LogP contribution in [0.1, 0.15) is 43.0 Å². The molecule has 3 aliphatic rings. The monoisotopic (exact) mass is 264 g/mol. The van der Waals surface area contributed by atoms with Crippen molar-refractivity contribution in [2.75, 3.05) is 0 Å². The molecule has 20 heavy (non-hydrogen) atoms. The number of benzene rings is 2. The Balaban J connectivity index is 2.20. The Kier molecular flexibility index (Phi) is 2.15. The van der Waals surface area contributed by atoms with Crippen molar-refractivity contribution in [3.8, 4) is 0 Å². The molecule has 2 aromatic rings. The zero-order valence-electron chi connectivity index (χ0n) is 12.2. The summed E-state index contributed by atoms with van der Waals surface area (Å²) in [7, 11) is 0. The van der Waals surface area contributed by atoms with E-state index in [0.717, 1.165) is 11.1 Å². The normalized spacial score (nSPS) is 37.4. The van der Waals surface area contributed by atoms with E-state index in [2.05, 4.69) is 57.2 Å². The Labute approximate surface area is 120 Å². The molecule has 0 amide bonds. The van der Waals surface area contributed by atoms with E-state index in [9.17, 15) is 5.11 Å². The van der Waals surface area contributed by atoms with Gasteiger partial charge in [-0.05, 0) is 34.1 Å². The molecular formula is C19H20O. The second kappa shape index (κ2) is 3.53. The Bertz CT molecular complexity index is 593. The zero-order chi connectivity index (χ0) is 14.1. The molecule has 2 bridgehead atoms. The number of aliphatic hydroxyl groups is 1. The van der Waals surface area contributed by atoms with Crippen molar-refractivity contribution in [2.45, 2.75) is 31.8 Å². The van der Waals surface area contributed by atoms with Crippen LogP contribution in [-0.2, 0) is 11.0 Å². The molecule has 1 N–H and O–H groups in total. The first kappa shape index (κ1) is 12.2. The summed E-state index contributed by atoms with van der Waals surface area (Å²) in [6, 6.07) is 16.9. The molecule has 1 nitrogen and oxygen atoms in total. The van der Waals surface area contributed by atoms with Gasteiger partial charge in [0, 0.05) is 5.41 Å². The summed E-state index contributed by atoms with van der Waals surface area (Å²) in [6.07, 6.45) is 0. The first-order valence-electron chi connectivity index (χ1n) is 7.44. The fourth-order valence-corrected chi connectivity index (χ4v) is 4.67. The largest absolute Gasteiger partial charge is 0.380 e. The highest BCUT2D eigenvalue weighted by atomic mass is 16.3. The predicted octanol–water partition coefficient (Wildman–Crippen LogP) is 3.83. The molecule has 0 fully saturated rings. The molecule has 0 saturated heterocycles. The average Bonchev–Trinajstić information content (AvgIpc) is 2.50. The van der Waals surface area contributed by atoms with E-state index >= 15 is 0 Å². The van der Waals surface area contributed by atoms with Gasteiger partial charge in [-0.15, -0.1) is 0 Å². The van der Waals surface area contributed by atoms with Crippen LogP contribution in [0, 0.1) is 11.8 Å². The SMILES string of the molecule is CC1C(C)C2(O)c3ccccc3C1(C)c1ccccc12. The molecule has 0 saturated carbocycles. The highest BCUT2D eigenvalue weighted by Gasteiger charge is 2.60. The lowest BCUT2D eigenvalue weighted by atomic mass is 9.46. The minimum absolute atomic E-state index is 0.00289. The third kappa shape index (κ3) is 1.07. The lowest BCUT2D eigenvalue weighted by molar-refractivity contribution is -0.0442. The summed E-state index contributed by atoms with van der Waals surface area (Å²) in [5.74, 6) is 0.634. The summed E-state index contributed by atoms with van der Waals surface area (Å²) in [5, 5.41) is 11.6. The molecule has 0 radical (unpaired) electrons. The molecule has 5 rings (SSSR count). The lowest BCUT2D eigenvalue weighted by Crippen LogP contribution is -2.57. The second-order valence-corrected chi connectivity index (χ2v) is 6.64. The lowest BCUT2D eigenvalue weighted by Gasteiger charge is -2.59. The fourth-order valence-electron chi connectivity index (χ4n) is 4.67. The van der Waals surface area contributed by atoms with Crippen molar-refractivity contribution in [1.82, 2.24) is 0 Å². The third-order valence-corrected chi connectivity index (χ3v) is 6.11. The van der Waals surface area contributed by atoms with Gasteiger partial charge in [0.2, 0.25) is 0 Å². The minimum Gasteiger partial charge on any atom is -0.380 e. The number of hydrogen-bond donors (Lipinski definition) is 1. The van der Waals surface area contributed by atoms with E-state index in [1.165, 1.54) is 11.1 Å². The maximum atomic E-state index is 11.6. The molecule has 0 aliphatic heterocycles. The van der Waals surface area contributed by atoms with E-state index < -0.39 is 5.60 Å². The van der Waals surface area contributed by atoms with Gasteiger partial charge in [-0.25, -0.2) is 0 Å². The van der Waals surface area contributed by atoms with Crippen molar-refractivity contribution < 1.29 is 5.11 Å². The van der Waals surface area contributed by atoms with Crippen LogP contribution in [0.5, 0.6) is 0 Å². The van der Waals surface area contributed by atoms with E-state index in [1.54, 1.807) is 0 Å². The molecular weight excluding hydrogens is 244 g/mol. The Morgan fingerprint density at radius 1 is 0.750 bits per heavy atom. The number of hydrogen-bond acceptors (Lipinski definition) is 1. The summed E-state index contributed by atoms with van der Waals surface area (Å²) in [5.41, 5.74) is 3.96. The molecule has 2 unspecified atom stereocenters. The van der Waals surface area contributed by atoms with Crippen LogP contribution in [0.15, 0.2) is 48.5 Å². The van der Waals surface area contributed by atoms with Crippen LogP contribution in [0.2, 0.25) is 0 Å². The van der Waals surface area contributed by atoms with Crippen molar-refractivity contribution >= 4 is 0 Å². The first-order chi connectivity index (χ1) is 9.52. The Morgan fingerprint density at radius 2 is 1.15 bits per heavy atom. The van der Waals surface area contributed by atoms with Crippen LogP contribution in [0.4, 0.5) is 0 Å². The average molecular weight is 264 g/mol. The third-order valence-electron chi connectivity index (χ3n) is 6.11. The highest BCUT2D eigenvalue weighted by molar-refractivity contribution is 5.61. The zero-order valence-corrected chi connectivity index (χ0v) is 12.2. The molecule has 0 heterocycles. The molecule has 102 valence electrons. The summed E-state index contributed by atoms with van der Waals surface area (Å²) < 4.78 is 0.